The first-order valence-electron chi connectivity index (χ1n) is 7.44. The minimum atomic E-state index is -0.804. The highest BCUT2D eigenvalue weighted by molar-refractivity contribution is 7.99. The quantitative estimate of drug-likeness (QED) is 0.589. The van der Waals surface area contributed by atoms with E-state index in [9.17, 15) is 4.79 Å². The number of hydrogen-bond donors (Lipinski definition) is 1. The number of imidazole rings is 1. The van der Waals surface area contributed by atoms with Crippen molar-refractivity contribution in [2.75, 3.05) is 5.75 Å². The highest BCUT2D eigenvalue weighted by Gasteiger charge is 2.13. The van der Waals surface area contributed by atoms with Crippen LogP contribution in [0.5, 0.6) is 0 Å². The molecule has 1 aromatic carbocycles. The number of aryl methyl sites for hydroxylation is 2. The Morgan fingerprint density at radius 2 is 2.14 bits per heavy atom. The van der Waals surface area contributed by atoms with Crippen molar-refractivity contribution in [2.24, 2.45) is 0 Å². The van der Waals surface area contributed by atoms with Gasteiger partial charge in [0.1, 0.15) is 0 Å². The second-order valence-electron chi connectivity index (χ2n) is 5.23. The zero-order valence-electron chi connectivity index (χ0n) is 12.6. The molecule has 1 heterocycles. The van der Waals surface area contributed by atoms with Crippen LogP contribution in [0.3, 0.4) is 0 Å². The number of carboxylic acids is 1. The van der Waals surface area contributed by atoms with E-state index in [2.05, 4.69) is 22.5 Å². The molecule has 0 saturated carbocycles. The summed E-state index contributed by atoms with van der Waals surface area (Å²) in [7, 11) is 0. The Bertz CT molecular complexity index is 622. The molecule has 21 heavy (non-hydrogen) atoms. The molecule has 0 atom stereocenters. The molecule has 0 aliphatic carbocycles. The molecule has 2 rings (SSSR count). The van der Waals surface area contributed by atoms with E-state index >= 15 is 0 Å². The average Bonchev–Trinajstić information content (AvgIpc) is 2.81. The average molecular weight is 306 g/mol. The fourth-order valence-electron chi connectivity index (χ4n) is 2.42. The van der Waals surface area contributed by atoms with Gasteiger partial charge in [0.25, 0.3) is 0 Å². The zero-order valence-corrected chi connectivity index (χ0v) is 13.4. The number of benzene rings is 1. The number of fused-ring (bicyclic) bond motifs is 1. The molecule has 5 heteroatoms. The number of rotatable bonds is 8. The van der Waals surface area contributed by atoms with Crippen molar-refractivity contribution < 1.29 is 9.90 Å². The molecular formula is C16H22N2O2S. The van der Waals surface area contributed by atoms with Crippen LogP contribution in [0.25, 0.3) is 11.0 Å². The molecule has 0 fully saturated rings. The number of aromatic nitrogens is 2. The molecule has 1 aromatic heterocycles. The topological polar surface area (TPSA) is 55.1 Å². The Kier molecular flexibility index (Phi) is 5.67. The first-order chi connectivity index (χ1) is 10.1. The zero-order chi connectivity index (χ0) is 15.2. The lowest BCUT2D eigenvalue weighted by molar-refractivity contribution is -0.133. The second kappa shape index (κ2) is 7.50. The maximum absolute atomic E-state index is 10.8. The van der Waals surface area contributed by atoms with Gasteiger partial charge in [-0.3, -0.25) is 4.79 Å². The monoisotopic (exact) mass is 306 g/mol. The fourth-order valence-corrected chi connectivity index (χ4v) is 3.17. The van der Waals surface area contributed by atoms with Gasteiger partial charge in [0, 0.05) is 6.54 Å². The fraction of sp³-hybridized carbons (Fsp3) is 0.500. The number of hydrogen-bond acceptors (Lipinski definition) is 3. The molecule has 2 aromatic rings. The molecular weight excluding hydrogens is 284 g/mol. The van der Waals surface area contributed by atoms with Crippen molar-refractivity contribution in [3.05, 3.63) is 23.8 Å². The Hall–Kier alpha value is -1.49. The third kappa shape index (κ3) is 4.00. The Balaban J connectivity index is 2.26. The Morgan fingerprint density at radius 3 is 2.86 bits per heavy atom. The third-order valence-electron chi connectivity index (χ3n) is 3.51. The van der Waals surface area contributed by atoms with Gasteiger partial charge in [-0.15, -0.1) is 0 Å². The number of aliphatic carboxylic acids is 1. The molecule has 114 valence electrons. The third-order valence-corrected chi connectivity index (χ3v) is 4.47. The lowest BCUT2D eigenvalue weighted by Crippen LogP contribution is -2.03. The van der Waals surface area contributed by atoms with Crippen molar-refractivity contribution in [2.45, 2.75) is 51.2 Å². The van der Waals surface area contributed by atoms with Crippen molar-refractivity contribution in [1.82, 2.24) is 9.55 Å². The van der Waals surface area contributed by atoms with Gasteiger partial charge in [-0.1, -0.05) is 50.1 Å². The molecule has 0 unspecified atom stereocenters. The van der Waals surface area contributed by atoms with Gasteiger partial charge < -0.3 is 9.67 Å². The highest BCUT2D eigenvalue weighted by Crippen LogP contribution is 2.26. The minimum Gasteiger partial charge on any atom is -0.481 e. The number of carboxylic acid groups (broad SMARTS) is 1. The molecule has 0 spiro atoms. The van der Waals surface area contributed by atoms with Gasteiger partial charge in [-0.25, -0.2) is 4.98 Å². The van der Waals surface area contributed by atoms with Crippen LogP contribution in [-0.4, -0.2) is 26.4 Å². The first-order valence-corrected chi connectivity index (χ1v) is 8.42. The summed E-state index contributed by atoms with van der Waals surface area (Å²) < 4.78 is 2.17. The summed E-state index contributed by atoms with van der Waals surface area (Å²) in [5, 5.41) is 9.70. The van der Waals surface area contributed by atoms with Gasteiger partial charge in [0.05, 0.1) is 16.8 Å². The van der Waals surface area contributed by atoms with Crippen LogP contribution in [0.1, 0.15) is 38.2 Å². The first kappa shape index (κ1) is 15.9. The summed E-state index contributed by atoms with van der Waals surface area (Å²) in [6, 6.07) is 6.15. The lowest BCUT2D eigenvalue weighted by atomic mass is 10.2. The van der Waals surface area contributed by atoms with Gasteiger partial charge in [0.15, 0.2) is 5.16 Å². The normalized spacial score (nSPS) is 11.1. The molecule has 0 aliphatic rings. The summed E-state index contributed by atoms with van der Waals surface area (Å²) in [5.74, 6) is -0.751. The van der Waals surface area contributed by atoms with Gasteiger partial charge in [-0.2, -0.15) is 0 Å². The Labute approximate surface area is 129 Å². The van der Waals surface area contributed by atoms with E-state index in [1.165, 1.54) is 31.0 Å². The predicted molar refractivity (Wildman–Crippen MR) is 87.0 cm³/mol. The maximum Gasteiger partial charge on any atom is 0.313 e. The van der Waals surface area contributed by atoms with Crippen LogP contribution < -0.4 is 0 Å². The summed E-state index contributed by atoms with van der Waals surface area (Å²) >= 11 is 1.31. The van der Waals surface area contributed by atoms with E-state index in [-0.39, 0.29) is 5.75 Å². The molecule has 0 radical (unpaired) electrons. The number of nitrogens with zero attached hydrogens (tertiary/aromatic N) is 2. The predicted octanol–water partition coefficient (Wildman–Crippen LogP) is 4.10. The Morgan fingerprint density at radius 1 is 1.33 bits per heavy atom. The SMILES string of the molecule is CCCCCCn1c(SCC(=O)O)nc2c(C)cccc21. The van der Waals surface area contributed by atoms with Crippen molar-refractivity contribution in [3.8, 4) is 0 Å². The van der Waals surface area contributed by atoms with Crippen LogP contribution in [-0.2, 0) is 11.3 Å². The van der Waals surface area contributed by atoms with Crippen LogP contribution >= 0.6 is 11.8 Å². The van der Waals surface area contributed by atoms with E-state index in [1.54, 1.807) is 0 Å². The van der Waals surface area contributed by atoms with E-state index < -0.39 is 5.97 Å². The van der Waals surface area contributed by atoms with Crippen LogP contribution in [0, 0.1) is 6.92 Å². The van der Waals surface area contributed by atoms with E-state index in [4.69, 9.17) is 5.11 Å². The number of para-hydroxylation sites is 1. The number of unbranched alkanes of at least 4 members (excludes halogenated alkanes) is 3. The highest BCUT2D eigenvalue weighted by atomic mass is 32.2. The molecule has 0 amide bonds. The standard InChI is InChI=1S/C16H22N2O2S/c1-3-4-5-6-10-18-13-9-7-8-12(2)15(13)17-16(18)21-11-14(19)20/h7-9H,3-6,10-11H2,1-2H3,(H,19,20). The van der Waals surface area contributed by atoms with Gasteiger partial charge in [0.2, 0.25) is 0 Å². The largest absolute Gasteiger partial charge is 0.481 e. The van der Waals surface area contributed by atoms with Crippen molar-refractivity contribution in [3.63, 3.8) is 0 Å². The van der Waals surface area contributed by atoms with E-state index in [1.807, 2.05) is 19.1 Å². The second-order valence-corrected chi connectivity index (χ2v) is 6.17. The lowest BCUT2D eigenvalue weighted by Gasteiger charge is -2.08. The number of carbonyl (C=O) groups is 1. The van der Waals surface area contributed by atoms with E-state index in [0.717, 1.165) is 34.7 Å². The summed E-state index contributed by atoms with van der Waals surface area (Å²) in [6.45, 7) is 5.15. The van der Waals surface area contributed by atoms with E-state index in [0.29, 0.717) is 0 Å². The molecule has 0 saturated heterocycles. The smallest absolute Gasteiger partial charge is 0.313 e. The number of thioether (sulfide) groups is 1. The van der Waals surface area contributed by atoms with Crippen LogP contribution in [0.2, 0.25) is 0 Å². The van der Waals surface area contributed by atoms with Gasteiger partial charge in [-0.05, 0) is 25.0 Å². The molecule has 1 N–H and O–H groups in total. The summed E-state index contributed by atoms with van der Waals surface area (Å²) in [4.78, 5) is 15.5. The van der Waals surface area contributed by atoms with Crippen LogP contribution in [0.4, 0.5) is 0 Å². The molecule has 0 aliphatic heterocycles. The summed E-state index contributed by atoms with van der Waals surface area (Å²) in [6.07, 6.45) is 4.76. The summed E-state index contributed by atoms with van der Waals surface area (Å²) in [5.41, 5.74) is 3.23. The van der Waals surface area contributed by atoms with Crippen molar-refractivity contribution >= 4 is 28.8 Å². The maximum atomic E-state index is 10.8. The van der Waals surface area contributed by atoms with Crippen molar-refractivity contribution in [1.29, 1.82) is 0 Å². The molecule has 0 bridgehead atoms. The van der Waals surface area contributed by atoms with Gasteiger partial charge >= 0.3 is 5.97 Å². The minimum absolute atomic E-state index is 0.0529. The molecule has 4 nitrogen and oxygen atoms in total. The van der Waals surface area contributed by atoms with Crippen LogP contribution in [0.15, 0.2) is 23.4 Å².